The predicted molar refractivity (Wildman–Crippen MR) is 106 cm³/mol. The van der Waals surface area contributed by atoms with Crippen LogP contribution in [0.4, 0.5) is 0 Å². The van der Waals surface area contributed by atoms with Crippen LogP contribution >= 0.6 is 16.1 Å². The molecule has 1 heterocycles. The SMILES string of the molecule is COCCOCCOCCOCCOCCN1C(=O)C(C)(C)N(Br)C1(C)C. The third kappa shape index (κ3) is 7.56. The van der Waals surface area contributed by atoms with Crippen LogP contribution in [0.15, 0.2) is 0 Å². The van der Waals surface area contributed by atoms with E-state index in [9.17, 15) is 4.79 Å². The molecular weight excluding hydrogens is 420 g/mol. The molecule has 0 unspecified atom stereocenters. The lowest BCUT2D eigenvalue weighted by Crippen LogP contribution is -2.47. The maximum atomic E-state index is 12.6. The minimum atomic E-state index is -0.568. The van der Waals surface area contributed by atoms with E-state index < -0.39 is 11.2 Å². The number of rotatable bonds is 15. The second-order valence-corrected chi connectivity index (χ2v) is 7.94. The maximum absolute atomic E-state index is 12.6. The van der Waals surface area contributed by atoms with Crippen LogP contribution in [0.1, 0.15) is 27.7 Å². The topological polar surface area (TPSA) is 69.7 Å². The molecule has 0 aromatic heterocycles. The average Bonchev–Trinajstić information content (AvgIpc) is 2.73. The van der Waals surface area contributed by atoms with E-state index in [0.717, 1.165) is 0 Å². The van der Waals surface area contributed by atoms with Crippen molar-refractivity contribution in [2.24, 2.45) is 0 Å². The highest BCUT2D eigenvalue weighted by molar-refractivity contribution is 9.07. The van der Waals surface area contributed by atoms with Crippen LogP contribution in [0, 0.1) is 0 Å². The van der Waals surface area contributed by atoms with E-state index >= 15 is 0 Å². The molecule has 1 rings (SSSR count). The van der Waals surface area contributed by atoms with Crippen molar-refractivity contribution in [3.8, 4) is 0 Å². The summed E-state index contributed by atoms with van der Waals surface area (Å²) in [6, 6.07) is 0. The van der Waals surface area contributed by atoms with Gasteiger partial charge in [-0.25, -0.2) is 3.93 Å². The number of ether oxygens (including phenoxy) is 5. The zero-order chi connectivity index (χ0) is 20.3. The molecule has 1 saturated heterocycles. The summed E-state index contributed by atoms with van der Waals surface area (Å²) in [7, 11) is 1.64. The van der Waals surface area contributed by atoms with E-state index in [1.807, 2.05) is 36.5 Å². The van der Waals surface area contributed by atoms with Crippen molar-refractivity contribution >= 4 is 22.1 Å². The zero-order valence-corrected chi connectivity index (χ0v) is 18.9. The van der Waals surface area contributed by atoms with E-state index in [1.54, 1.807) is 7.11 Å². The Hall–Kier alpha value is -0.290. The summed E-state index contributed by atoms with van der Waals surface area (Å²) in [5, 5.41) is 0. The zero-order valence-electron chi connectivity index (χ0n) is 17.3. The van der Waals surface area contributed by atoms with E-state index in [-0.39, 0.29) is 5.91 Å². The Kier molecular flexibility index (Phi) is 11.3. The fraction of sp³-hybridized carbons (Fsp3) is 0.944. The lowest BCUT2D eigenvalue weighted by molar-refractivity contribution is -0.134. The minimum Gasteiger partial charge on any atom is -0.382 e. The molecular formula is C18H35BrN2O6. The average molecular weight is 455 g/mol. The molecule has 1 aliphatic rings. The highest BCUT2D eigenvalue weighted by Crippen LogP contribution is 2.40. The molecule has 27 heavy (non-hydrogen) atoms. The van der Waals surface area contributed by atoms with E-state index in [1.165, 1.54) is 0 Å². The van der Waals surface area contributed by atoms with E-state index in [0.29, 0.717) is 66.0 Å². The summed E-state index contributed by atoms with van der Waals surface area (Å²) in [5.74, 6) is 0.0903. The molecule has 0 spiro atoms. The third-order valence-electron chi connectivity index (χ3n) is 4.41. The Labute approximate surface area is 171 Å². The van der Waals surface area contributed by atoms with Crippen molar-refractivity contribution in [3.63, 3.8) is 0 Å². The Bertz CT molecular complexity index is 436. The summed E-state index contributed by atoms with van der Waals surface area (Å²) in [4.78, 5) is 14.4. The van der Waals surface area contributed by atoms with Gasteiger partial charge < -0.3 is 28.6 Å². The molecule has 0 aromatic rings. The van der Waals surface area contributed by atoms with Gasteiger partial charge in [-0.15, -0.1) is 0 Å². The monoisotopic (exact) mass is 454 g/mol. The van der Waals surface area contributed by atoms with Gasteiger partial charge in [0.2, 0.25) is 5.91 Å². The molecule has 0 N–H and O–H groups in total. The number of hydrogen-bond donors (Lipinski definition) is 0. The second-order valence-electron chi connectivity index (χ2n) is 7.23. The number of amides is 1. The lowest BCUT2D eigenvalue weighted by Gasteiger charge is -2.35. The molecule has 0 bridgehead atoms. The first-order valence-electron chi connectivity index (χ1n) is 9.34. The van der Waals surface area contributed by atoms with Crippen molar-refractivity contribution in [2.75, 3.05) is 73.1 Å². The smallest absolute Gasteiger partial charge is 0.245 e. The van der Waals surface area contributed by atoms with Gasteiger partial charge in [0.1, 0.15) is 11.2 Å². The Balaban J connectivity index is 2.00. The molecule has 9 heteroatoms. The summed E-state index contributed by atoms with van der Waals surface area (Å²) >= 11 is 3.53. The largest absolute Gasteiger partial charge is 0.382 e. The van der Waals surface area contributed by atoms with Gasteiger partial charge in [-0.2, -0.15) is 0 Å². The predicted octanol–water partition coefficient (Wildman–Crippen LogP) is 1.67. The Morgan fingerprint density at radius 2 is 1.19 bits per heavy atom. The first kappa shape index (κ1) is 24.7. The van der Waals surface area contributed by atoms with Crippen molar-refractivity contribution in [3.05, 3.63) is 0 Å². The van der Waals surface area contributed by atoms with Crippen LogP contribution in [0.3, 0.4) is 0 Å². The molecule has 1 fully saturated rings. The van der Waals surface area contributed by atoms with Gasteiger partial charge in [0, 0.05) is 29.8 Å². The van der Waals surface area contributed by atoms with Crippen LogP contribution in [-0.2, 0) is 28.5 Å². The highest BCUT2D eigenvalue weighted by atomic mass is 79.9. The van der Waals surface area contributed by atoms with Gasteiger partial charge in [0.05, 0.1) is 59.5 Å². The Morgan fingerprint density at radius 1 is 0.778 bits per heavy atom. The second kappa shape index (κ2) is 12.3. The lowest BCUT2D eigenvalue weighted by atomic mass is 10.1. The normalized spacial score (nSPS) is 19.2. The van der Waals surface area contributed by atoms with Crippen LogP contribution in [-0.4, -0.2) is 99.1 Å². The Morgan fingerprint density at radius 3 is 1.56 bits per heavy atom. The third-order valence-corrected chi connectivity index (χ3v) is 6.16. The number of carbonyl (C=O) groups is 1. The molecule has 0 radical (unpaired) electrons. The molecule has 160 valence electrons. The number of carbonyl (C=O) groups excluding carboxylic acids is 1. The minimum absolute atomic E-state index is 0.0903. The van der Waals surface area contributed by atoms with Crippen molar-refractivity contribution in [1.29, 1.82) is 0 Å². The van der Waals surface area contributed by atoms with Gasteiger partial charge in [-0.1, -0.05) is 0 Å². The maximum Gasteiger partial charge on any atom is 0.245 e. The van der Waals surface area contributed by atoms with Crippen LogP contribution in [0.5, 0.6) is 0 Å². The van der Waals surface area contributed by atoms with Crippen LogP contribution < -0.4 is 0 Å². The van der Waals surface area contributed by atoms with Crippen molar-refractivity contribution in [2.45, 2.75) is 38.9 Å². The number of hydrogen-bond acceptors (Lipinski definition) is 7. The van der Waals surface area contributed by atoms with E-state index in [2.05, 4.69) is 16.1 Å². The summed E-state index contributed by atoms with van der Waals surface area (Å²) < 4.78 is 28.5. The van der Waals surface area contributed by atoms with Crippen LogP contribution in [0.2, 0.25) is 0 Å². The van der Waals surface area contributed by atoms with Crippen LogP contribution in [0.25, 0.3) is 0 Å². The molecule has 0 atom stereocenters. The van der Waals surface area contributed by atoms with E-state index in [4.69, 9.17) is 23.7 Å². The van der Waals surface area contributed by atoms with Crippen molar-refractivity contribution < 1.29 is 28.5 Å². The van der Waals surface area contributed by atoms with Gasteiger partial charge in [-0.05, 0) is 27.7 Å². The van der Waals surface area contributed by atoms with Gasteiger partial charge in [0.15, 0.2) is 0 Å². The quantitative estimate of drug-likeness (QED) is 0.275. The molecule has 0 aliphatic carbocycles. The number of methoxy groups -OCH3 is 1. The summed E-state index contributed by atoms with van der Waals surface area (Å²) in [6.45, 7) is 13.2. The number of halogens is 1. The fourth-order valence-electron chi connectivity index (χ4n) is 2.89. The standard InChI is InChI=1S/C18H35BrN2O6/c1-17(2)16(22)20(18(3,4)21(17)19)6-7-24-10-11-26-14-15-27-13-12-25-9-8-23-5/h6-15H2,1-5H3. The first-order chi connectivity index (χ1) is 12.8. The first-order valence-corrected chi connectivity index (χ1v) is 10.0. The van der Waals surface area contributed by atoms with Gasteiger partial charge in [-0.3, -0.25) is 4.79 Å². The van der Waals surface area contributed by atoms with Crippen molar-refractivity contribution in [1.82, 2.24) is 8.83 Å². The number of nitrogens with zero attached hydrogens (tertiary/aromatic N) is 2. The van der Waals surface area contributed by atoms with Gasteiger partial charge in [0.25, 0.3) is 0 Å². The molecule has 0 aromatic carbocycles. The molecule has 1 amide bonds. The summed E-state index contributed by atoms with van der Waals surface area (Å²) in [5.41, 5.74) is -0.966. The highest BCUT2D eigenvalue weighted by Gasteiger charge is 2.55. The molecule has 8 nitrogen and oxygen atoms in total. The molecule has 0 saturated carbocycles. The summed E-state index contributed by atoms with van der Waals surface area (Å²) in [6.07, 6.45) is 0. The fourth-order valence-corrected chi connectivity index (χ4v) is 3.23. The molecule has 1 aliphatic heterocycles. The van der Waals surface area contributed by atoms with Gasteiger partial charge >= 0.3 is 0 Å².